The second kappa shape index (κ2) is 13.2. The van der Waals surface area contributed by atoms with E-state index in [1.165, 1.54) is 21.0 Å². The van der Waals surface area contributed by atoms with Crippen molar-refractivity contribution in [1.82, 2.24) is 9.36 Å². The monoisotopic (exact) mass is 685 g/mol. The highest BCUT2D eigenvalue weighted by Crippen LogP contribution is 2.44. The lowest BCUT2D eigenvalue weighted by molar-refractivity contribution is 0.192. The molecule has 1 unspecified atom stereocenters. The lowest BCUT2D eigenvalue weighted by Gasteiger charge is -2.44. The SMILES string of the molecule is COc1ccc(CN(c2ncns2)S(=O)(=O)c2ccc3c(c2)CCC3O[Si](c2ccccc2)(c2ccccc2)C(C)(C)C)c(OC)c1. The average Bonchev–Trinajstić information content (AvgIpc) is 3.76. The number of ether oxygens (including phenoxy) is 2. The van der Waals surface area contributed by atoms with E-state index in [1.807, 2.05) is 18.2 Å². The first-order chi connectivity index (χ1) is 22.6. The van der Waals surface area contributed by atoms with Gasteiger partial charge in [0.25, 0.3) is 18.3 Å². The van der Waals surface area contributed by atoms with Gasteiger partial charge in [-0.3, -0.25) is 0 Å². The molecule has 1 heterocycles. The van der Waals surface area contributed by atoms with Gasteiger partial charge in [0, 0.05) is 23.2 Å². The molecule has 11 heteroatoms. The van der Waals surface area contributed by atoms with E-state index in [2.05, 4.69) is 78.7 Å². The minimum atomic E-state index is -4.02. The van der Waals surface area contributed by atoms with E-state index in [4.69, 9.17) is 13.9 Å². The highest BCUT2D eigenvalue weighted by molar-refractivity contribution is 7.93. The van der Waals surface area contributed by atoms with Crippen LogP contribution < -0.4 is 24.2 Å². The predicted octanol–water partition coefficient (Wildman–Crippen LogP) is 6.51. The zero-order chi connectivity index (χ0) is 33.2. The summed E-state index contributed by atoms with van der Waals surface area (Å²) in [4.78, 5) is 4.47. The Hall–Kier alpha value is -4.03. The van der Waals surface area contributed by atoms with Crippen molar-refractivity contribution >= 4 is 45.4 Å². The molecule has 6 rings (SSSR count). The molecule has 0 spiro atoms. The summed E-state index contributed by atoms with van der Waals surface area (Å²) in [6, 6.07) is 31.9. The van der Waals surface area contributed by atoms with Crippen LogP contribution in [0.25, 0.3) is 0 Å². The molecule has 47 heavy (non-hydrogen) atoms. The number of hydrogen-bond donors (Lipinski definition) is 0. The molecular formula is C36H39N3O5S2Si. The van der Waals surface area contributed by atoms with E-state index in [9.17, 15) is 8.42 Å². The first-order valence-corrected chi connectivity index (χ1v) is 19.6. The van der Waals surface area contributed by atoms with Crippen LogP contribution in [0.15, 0.2) is 108 Å². The van der Waals surface area contributed by atoms with Crippen LogP contribution in [0.4, 0.5) is 5.13 Å². The smallest absolute Gasteiger partial charge is 0.266 e. The maximum Gasteiger partial charge on any atom is 0.266 e. The van der Waals surface area contributed by atoms with Crippen LogP contribution in [-0.4, -0.2) is 40.3 Å². The van der Waals surface area contributed by atoms with Crippen LogP contribution in [0.5, 0.6) is 11.5 Å². The molecule has 0 radical (unpaired) electrons. The van der Waals surface area contributed by atoms with E-state index in [0.717, 1.165) is 29.1 Å². The van der Waals surface area contributed by atoms with Gasteiger partial charge in [0.1, 0.15) is 17.8 Å². The summed E-state index contributed by atoms with van der Waals surface area (Å²) in [5, 5.41) is 2.53. The zero-order valence-corrected chi connectivity index (χ0v) is 29.8. The average molecular weight is 686 g/mol. The third-order valence-corrected chi connectivity index (χ3v) is 16.4. The highest BCUT2D eigenvalue weighted by Gasteiger charge is 2.52. The van der Waals surface area contributed by atoms with Gasteiger partial charge in [-0.1, -0.05) is 87.5 Å². The summed E-state index contributed by atoms with van der Waals surface area (Å²) < 4.78 is 52.4. The quantitative estimate of drug-likeness (QED) is 0.146. The van der Waals surface area contributed by atoms with Gasteiger partial charge in [0.05, 0.1) is 31.8 Å². The van der Waals surface area contributed by atoms with E-state index in [0.29, 0.717) is 23.5 Å². The van der Waals surface area contributed by atoms with Crippen LogP contribution in [0.3, 0.4) is 0 Å². The fourth-order valence-corrected chi connectivity index (χ4v) is 13.4. The van der Waals surface area contributed by atoms with Crippen molar-refractivity contribution < 1.29 is 22.3 Å². The number of anilines is 1. The first-order valence-electron chi connectivity index (χ1n) is 15.5. The van der Waals surface area contributed by atoms with Crippen LogP contribution in [-0.2, 0) is 27.4 Å². The normalized spacial score (nSPS) is 14.9. The summed E-state index contributed by atoms with van der Waals surface area (Å²) >= 11 is 1.03. The van der Waals surface area contributed by atoms with E-state index in [-0.39, 0.29) is 27.7 Å². The Balaban J connectivity index is 1.37. The van der Waals surface area contributed by atoms with Crippen molar-refractivity contribution in [3.8, 4) is 11.5 Å². The van der Waals surface area contributed by atoms with Gasteiger partial charge in [0.2, 0.25) is 5.13 Å². The van der Waals surface area contributed by atoms with E-state index < -0.39 is 18.3 Å². The van der Waals surface area contributed by atoms with Crippen molar-refractivity contribution in [3.05, 3.63) is 120 Å². The van der Waals surface area contributed by atoms with Crippen molar-refractivity contribution in [1.29, 1.82) is 0 Å². The molecule has 0 bridgehead atoms. The first kappa shape index (κ1) is 32.9. The minimum absolute atomic E-state index is 0.0152. The van der Waals surface area contributed by atoms with Gasteiger partial charge in [-0.15, -0.1) is 0 Å². The Labute approximate surface area is 282 Å². The zero-order valence-electron chi connectivity index (χ0n) is 27.2. The number of benzene rings is 4. The second-order valence-electron chi connectivity index (χ2n) is 12.6. The van der Waals surface area contributed by atoms with Gasteiger partial charge in [-0.2, -0.15) is 4.37 Å². The molecular weight excluding hydrogens is 647 g/mol. The Kier molecular flexibility index (Phi) is 9.26. The highest BCUT2D eigenvalue weighted by atomic mass is 32.2. The molecule has 0 aliphatic heterocycles. The largest absolute Gasteiger partial charge is 0.497 e. The molecule has 1 aromatic heterocycles. The molecule has 1 aliphatic rings. The van der Waals surface area contributed by atoms with Crippen molar-refractivity contribution in [2.24, 2.45) is 0 Å². The Morgan fingerprint density at radius 3 is 2.15 bits per heavy atom. The Morgan fingerprint density at radius 1 is 0.894 bits per heavy atom. The maximum atomic E-state index is 14.3. The molecule has 0 N–H and O–H groups in total. The topological polar surface area (TPSA) is 90.9 Å². The molecule has 4 aromatic carbocycles. The van der Waals surface area contributed by atoms with Gasteiger partial charge in [-0.05, 0) is 63.6 Å². The van der Waals surface area contributed by atoms with E-state index >= 15 is 0 Å². The summed E-state index contributed by atoms with van der Waals surface area (Å²) in [5.41, 5.74) is 2.69. The molecule has 1 atom stereocenters. The van der Waals surface area contributed by atoms with Crippen molar-refractivity contribution in [3.63, 3.8) is 0 Å². The molecule has 0 saturated carbocycles. The Morgan fingerprint density at radius 2 is 1.57 bits per heavy atom. The van der Waals surface area contributed by atoms with E-state index in [1.54, 1.807) is 44.6 Å². The number of hydrogen-bond acceptors (Lipinski definition) is 8. The number of fused-ring (bicyclic) bond motifs is 1. The molecule has 1 aliphatic carbocycles. The number of nitrogens with zero attached hydrogens (tertiary/aromatic N) is 3. The lowest BCUT2D eigenvalue weighted by atomic mass is 10.1. The van der Waals surface area contributed by atoms with Crippen molar-refractivity contribution in [2.45, 2.75) is 56.2 Å². The van der Waals surface area contributed by atoms with Crippen molar-refractivity contribution in [2.75, 3.05) is 18.5 Å². The van der Waals surface area contributed by atoms with Gasteiger partial charge in [0.15, 0.2) is 0 Å². The number of aromatic nitrogens is 2. The summed E-state index contributed by atoms with van der Waals surface area (Å²) in [6.45, 7) is 6.82. The fourth-order valence-electron chi connectivity index (χ4n) is 6.54. The fraction of sp³-hybridized carbons (Fsp3) is 0.278. The van der Waals surface area contributed by atoms with Gasteiger partial charge < -0.3 is 13.9 Å². The summed E-state index contributed by atoms with van der Waals surface area (Å²) in [6.07, 6.45) is 2.68. The molecule has 0 amide bonds. The number of sulfonamides is 1. The molecule has 0 fully saturated rings. The lowest BCUT2D eigenvalue weighted by Crippen LogP contribution is -2.66. The third kappa shape index (κ3) is 6.20. The minimum Gasteiger partial charge on any atom is -0.497 e. The summed E-state index contributed by atoms with van der Waals surface area (Å²) in [5.74, 6) is 1.13. The third-order valence-electron chi connectivity index (χ3n) is 8.83. The summed E-state index contributed by atoms with van der Waals surface area (Å²) in [7, 11) is -3.71. The second-order valence-corrected chi connectivity index (χ2v) is 19.5. The van der Waals surface area contributed by atoms with Crippen LogP contribution >= 0.6 is 11.5 Å². The number of rotatable bonds is 11. The number of methoxy groups -OCH3 is 2. The molecule has 8 nitrogen and oxygen atoms in total. The van der Waals surface area contributed by atoms with Crippen LogP contribution in [0, 0.1) is 0 Å². The van der Waals surface area contributed by atoms with Gasteiger partial charge in [-0.25, -0.2) is 17.7 Å². The standard InChI is InChI=1S/C36H39N3O5S2Si/c1-36(2,3)47(30-12-8-6-9-13-30,31-14-10-7-11-15-31)44-33-21-17-26-22-29(19-20-32(26)33)46(40,41)39(35-37-25-38-45-35)24-27-16-18-28(42-4)23-34(27)43-5/h6-16,18-20,22-23,25,33H,17,21,24H2,1-5H3. The van der Waals surface area contributed by atoms with Crippen LogP contribution in [0.1, 0.15) is 50.0 Å². The number of aryl methyl sites for hydroxylation is 1. The molecule has 244 valence electrons. The molecule has 0 saturated heterocycles. The maximum absolute atomic E-state index is 14.3. The predicted molar refractivity (Wildman–Crippen MR) is 189 cm³/mol. The Bertz CT molecular complexity index is 1890. The van der Waals surface area contributed by atoms with Crippen LogP contribution in [0.2, 0.25) is 5.04 Å². The molecule has 5 aromatic rings. The van der Waals surface area contributed by atoms with Gasteiger partial charge >= 0.3 is 0 Å².